The molecule has 0 aliphatic rings. The molecule has 2 heteroatoms. The highest BCUT2D eigenvalue weighted by molar-refractivity contribution is 5.46. The fourth-order valence-electron chi connectivity index (χ4n) is 3.21. The van der Waals surface area contributed by atoms with Gasteiger partial charge in [-0.2, -0.15) is 0 Å². The van der Waals surface area contributed by atoms with E-state index < -0.39 is 0 Å². The third-order valence-corrected chi connectivity index (χ3v) is 4.81. The molecule has 0 aliphatic heterocycles. The van der Waals surface area contributed by atoms with Gasteiger partial charge in [-0.1, -0.05) is 70.4 Å². The summed E-state index contributed by atoms with van der Waals surface area (Å²) in [6.45, 7) is 11.6. The second-order valence-corrected chi connectivity index (χ2v) is 7.25. The maximum Gasteiger partial charge on any atom is 0.129 e. The zero-order valence-electron chi connectivity index (χ0n) is 16.6. The summed E-state index contributed by atoms with van der Waals surface area (Å²) in [5.74, 6) is 1.48. The molecule has 0 saturated carbocycles. The van der Waals surface area contributed by atoms with E-state index in [2.05, 4.69) is 58.9 Å². The quantitative estimate of drug-likeness (QED) is 0.485. The Morgan fingerprint density at radius 2 is 1.72 bits per heavy atom. The van der Waals surface area contributed by atoms with Crippen molar-refractivity contribution in [2.24, 2.45) is 0 Å². The molecule has 25 heavy (non-hydrogen) atoms. The van der Waals surface area contributed by atoms with E-state index in [1.165, 1.54) is 48.1 Å². The molecule has 136 valence electrons. The van der Waals surface area contributed by atoms with Gasteiger partial charge in [0.25, 0.3) is 0 Å². The first-order chi connectivity index (χ1) is 12.0. The van der Waals surface area contributed by atoms with Crippen LogP contribution in [0.5, 0.6) is 5.75 Å². The Bertz CT molecular complexity index is 662. The molecule has 0 radical (unpaired) electrons. The summed E-state index contributed by atoms with van der Waals surface area (Å²) < 4.78 is 6.34. The lowest BCUT2D eigenvalue weighted by molar-refractivity contribution is 0.299. The molecule has 2 nitrogen and oxygen atoms in total. The second kappa shape index (κ2) is 9.60. The minimum Gasteiger partial charge on any atom is -0.488 e. The van der Waals surface area contributed by atoms with Crippen molar-refractivity contribution < 1.29 is 4.74 Å². The highest BCUT2D eigenvalue weighted by Crippen LogP contribution is 2.33. The van der Waals surface area contributed by atoms with Crippen LogP contribution >= 0.6 is 0 Å². The molecule has 0 amide bonds. The van der Waals surface area contributed by atoms with E-state index in [9.17, 15) is 0 Å². The van der Waals surface area contributed by atoms with Gasteiger partial charge in [0, 0.05) is 16.8 Å². The van der Waals surface area contributed by atoms with Crippen LogP contribution in [-0.4, -0.2) is 4.98 Å². The van der Waals surface area contributed by atoms with E-state index in [0.717, 1.165) is 17.9 Å². The molecule has 0 bridgehead atoms. The van der Waals surface area contributed by atoms with Gasteiger partial charge in [0.05, 0.1) is 5.69 Å². The Balaban J connectivity index is 2.29. The summed E-state index contributed by atoms with van der Waals surface area (Å²) >= 11 is 0. The van der Waals surface area contributed by atoms with Gasteiger partial charge in [0.2, 0.25) is 0 Å². The molecule has 2 rings (SSSR count). The fraction of sp³-hybridized carbons (Fsp3) is 0.522. The average molecular weight is 340 g/mol. The molecule has 0 spiro atoms. The third kappa shape index (κ3) is 5.32. The number of pyridine rings is 1. The number of ether oxygens (including phenoxy) is 1. The van der Waals surface area contributed by atoms with Crippen molar-refractivity contribution in [3.63, 3.8) is 0 Å². The SMILES string of the molecule is CCCCCCc1c(C(C)C)nc(C)c(C)c1OCc1ccccc1. The van der Waals surface area contributed by atoms with Crippen LogP contribution in [0.2, 0.25) is 0 Å². The van der Waals surface area contributed by atoms with Gasteiger partial charge in [0.15, 0.2) is 0 Å². The standard InChI is InChI=1S/C23H33NO/c1-6-7-8-12-15-21-22(17(2)3)24-19(5)18(4)23(21)25-16-20-13-10-9-11-14-20/h9-11,13-14,17H,6-8,12,15-16H2,1-5H3. The zero-order valence-corrected chi connectivity index (χ0v) is 16.6. The van der Waals surface area contributed by atoms with Crippen LogP contribution in [0.25, 0.3) is 0 Å². The van der Waals surface area contributed by atoms with Crippen molar-refractivity contribution in [2.75, 3.05) is 0 Å². The highest BCUT2D eigenvalue weighted by Gasteiger charge is 2.18. The van der Waals surface area contributed by atoms with Crippen molar-refractivity contribution in [3.8, 4) is 5.75 Å². The van der Waals surface area contributed by atoms with Gasteiger partial charge in [0.1, 0.15) is 12.4 Å². The molecule has 0 atom stereocenters. The van der Waals surface area contributed by atoms with Crippen molar-refractivity contribution in [3.05, 3.63) is 58.4 Å². The number of hydrogen-bond acceptors (Lipinski definition) is 2. The van der Waals surface area contributed by atoms with Gasteiger partial charge >= 0.3 is 0 Å². The number of hydrogen-bond donors (Lipinski definition) is 0. The van der Waals surface area contributed by atoms with Crippen LogP contribution < -0.4 is 4.74 Å². The first-order valence-electron chi connectivity index (χ1n) is 9.71. The Kier molecular flexibility index (Phi) is 7.49. The second-order valence-electron chi connectivity index (χ2n) is 7.25. The number of rotatable bonds is 9. The molecule has 0 N–H and O–H groups in total. The van der Waals surface area contributed by atoms with Crippen LogP contribution in [0, 0.1) is 13.8 Å². The van der Waals surface area contributed by atoms with Gasteiger partial charge in [-0.15, -0.1) is 0 Å². The third-order valence-electron chi connectivity index (χ3n) is 4.81. The number of aryl methyl sites for hydroxylation is 1. The maximum absolute atomic E-state index is 6.34. The Morgan fingerprint density at radius 1 is 1.00 bits per heavy atom. The summed E-state index contributed by atoms with van der Waals surface area (Å²) in [6, 6.07) is 10.4. The average Bonchev–Trinajstić information content (AvgIpc) is 2.61. The zero-order chi connectivity index (χ0) is 18.2. The number of unbranched alkanes of at least 4 members (excludes halogenated alkanes) is 3. The van der Waals surface area contributed by atoms with Crippen LogP contribution in [-0.2, 0) is 13.0 Å². The molecule has 1 aromatic carbocycles. The minimum atomic E-state index is 0.416. The highest BCUT2D eigenvalue weighted by atomic mass is 16.5. The van der Waals surface area contributed by atoms with Crippen molar-refractivity contribution >= 4 is 0 Å². The van der Waals surface area contributed by atoms with E-state index in [-0.39, 0.29) is 0 Å². The molecule has 0 saturated heterocycles. The summed E-state index contributed by atoms with van der Waals surface area (Å²) in [5, 5.41) is 0. The van der Waals surface area contributed by atoms with Crippen LogP contribution in [0.4, 0.5) is 0 Å². The summed E-state index contributed by atoms with van der Waals surface area (Å²) in [4.78, 5) is 4.91. The lowest BCUT2D eigenvalue weighted by Crippen LogP contribution is -2.09. The van der Waals surface area contributed by atoms with E-state index >= 15 is 0 Å². The van der Waals surface area contributed by atoms with Crippen molar-refractivity contribution in [1.82, 2.24) is 4.98 Å². The van der Waals surface area contributed by atoms with Crippen molar-refractivity contribution in [2.45, 2.75) is 79.2 Å². The monoisotopic (exact) mass is 339 g/mol. The van der Waals surface area contributed by atoms with E-state index in [0.29, 0.717) is 12.5 Å². The van der Waals surface area contributed by atoms with Gasteiger partial charge in [-0.3, -0.25) is 4.98 Å². The Hall–Kier alpha value is -1.83. The lowest BCUT2D eigenvalue weighted by atomic mass is 9.95. The molecule has 0 unspecified atom stereocenters. The molecular formula is C23H33NO. The lowest BCUT2D eigenvalue weighted by Gasteiger charge is -2.21. The summed E-state index contributed by atoms with van der Waals surface area (Å²) in [7, 11) is 0. The molecule has 0 fully saturated rings. The van der Waals surface area contributed by atoms with Crippen LogP contribution in [0.1, 0.15) is 80.5 Å². The van der Waals surface area contributed by atoms with Gasteiger partial charge in [-0.05, 0) is 38.2 Å². The largest absolute Gasteiger partial charge is 0.488 e. The number of aromatic nitrogens is 1. The fourth-order valence-corrected chi connectivity index (χ4v) is 3.21. The Labute approximate surface area is 153 Å². The smallest absolute Gasteiger partial charge is 0.129 e. The molecule has 1 aromatic heterocycles. The minimum absolute atomic E-state index is 0.416. The van der Waals surface area contributed by atoms with Crippen molar-refractivity contribution in [1.29, 1.82) is 0 Å². The molecule has 0 aliphatic carbocycles. The summed E-state index contributed by atoms with van der Waals surface area (Å²) in [5.41, 5.74) is 6.02. The normalized spacial score (nSPS) is 11.1. The first kappa shape index (κ1) is 19.5. The number of nitrogens with zero attached hydrogens (tertiary/aromatic N) is 1. The molecular weight excluding hydrogens is 306 g/mol. The topological polar surface area (TPSA) is 22.1 Å². The predicted octanol–water partition coefficient (Wildman–Crippen LogP) is 6.52. The number of benzene rings is 1. The molecule has 1 heterocycles. The van der Waals surface area contributed by atoms with E-state index in [1.807, 2.05) is 6.07 Å². The van der Waals surface area contributed by atoms with Crippen LogP contribution in [0.15, 0.2) is 30.3 Å². The van der Waals surface area contributed by atoms with Gasteiger partial charge in [-0.25, -0.2) is 0 Å². The predicted molar refractivity (Wildman–Crippen MR) is 106 cm³/mol. The first-order valence-corrected chi connectivity index (χ1v) is 9.71. The molecule has 2 aromatic rings. The Morgan fingerprint density at radius 3 is 2.36 bits per heavy atom. The summed E-state index contributed by atoms with van der Waals surface area (Å²) in [6.07, 6.45) is 6.11. The van der Waals surface area contributed by atoms with E-state index in [4.69, 9.17) is 9.72 Å². The van der Waals surface area contributed by atoms with E-state index in [1.54, 1.807) is 0 Å². The van der Waals surface area contributed by atoms with Crippen LogP contribution in [0.3, 0.4) is 0 Å². The maximum atomic E-state index is 6.34. The van der Waals surface area contributed by atoms with Gasteiger partial charge < -0.3 is 4.74 Å².